The molecule has 1 aromatic carbocycles. The standard InChI is InChI=1S/C15H18N4O2/c1-9(2)13(8-14(20)21)19-15(16-17-18-19)12-7-10-5-3-4-6-11(10)12/h3-6,9,12-13H,7-8H2,1-2H3,(H,20,21). The third kappa shape index (κ3) is 2.41. The summed E-state index contributed by atoms with van der Waals surface area (Å²) in [7, 11) is 0. The molecule has 6 nitrogen and oxygen atoms in total. The minimum absolute atomic E-state index is 0.0318. The lowest BCUT2D eigenvalue weighted by Gasteiger charge is -2.30. The molecule has 1 aliphatic carbocycles. The first-order valence-corrected chi connectivity index (χ1v) is 7.15. The van der Waals surface area contributed by atoms with Gasteiger partial charge in [-0.15, -0.1) is 5.10 Å². The summed E-state index contributed by atoms with van der Waals surface area (Å²) in [6.45, 7) is 3.99. The van der Waals surface area contributed by atoms with Gasteiger partial charge in [-0.3, -0.25) is 4.79 Å². The van der Waals surface area contributed by atoms with E-state index < -0.39 is 5.97 Å². The van der Waals surface area contributed by atoms with Crippen LogP contribution in [0.2, 0.25) is 0 Å². The van der Waals surface area contributed by atoms with Gasteiger partial charge >= 0.3 is 5.97 Å². The molecule has 2 unspecified atom stereocenters. The zero-order valence-electron chi connectivity index (χ0n) is 12.1. The Kier molecular flexibility index (Phi) is 3.45. The van der Waals surface area contributed by atoms with Gasteiger partial charge in [0.2, 0.25) is 0 Å². The fraction of sp³-hybridized carbons (Fsp3) is 0.467. The monoisotopic (exact) mass is 286 g/mol. The number of fused-ring (bicyclic) bond motifs is 1. The normalized spacial score (nSPS) is 18.1. The maximum absolute atomic E-state index is 11.1. The summed E-state index contributed by atoms with van der Waals surface area (Å²) < 4.78 is 1.71. The number of carbonyl (C=O) groups is 1. The summed E-state index contributed by atoms with van der Waals surface area (Å²) in [6.07, 6.45) is 0.943. The summed E-state index contributed by atoms with van der Waals surface area (Å²) in [5.74, 6) is 0.266. The van der Waals surface area contributed by atoms with Crippen molar-refractivity contribution in [2.24, 2.45) is 5.92 Å². The van der Waals surface area contributed by atoms with Crippen molar-refractivity contribution in [3.8, 4) is 0 Å². The Morgan fingerprint density at radius 2 is 2.19 bits per heavy atom. The lowest BCUT2D eigenvalue weighted by Crippen LogP contribution is -2.27. The molecule has 0 spiro atoms. The van der Waals surface area contributed by atoms with E-state index in [9.17, 15) is 4.79 Å². The van der Waals surface area contributed by atoms with Crippen LogP contribution in [0.1, 0.15) is 49.2 Å². The number of carboxylic acids is 1. The summed E-state index contributed by atoms with van der Waals surface area (Å²) >= 11 is 0. The highest BCUT2D eigenvalue weighted by molar-refractivity contribution is 5.67. The Balaban J connectivity index is 1.93. The minimum Gasteiger partial charge on any atom is -0.481 e. The zero-order chi connectivity index (χ0) is 15.0. The number of rotatable bonds is 5. The highest BCUT2D eigenvalue weighted by Gasteiger charge is 2.34. The molecule has 1 heterocycles. The number of hydrogen-bond acceptors (Lipinski definition) is 4. The fourth-order valence-electron chi connectivity index (χ4n) is 2.94. The van der Waals surface area contributed by atoms with Crippen LogP contribution in [0.15, 0.2) is 24.3 Å². The van der Waals surface area contributed by atoms with Crippen molar-refractivity contribution >= 4 is 5.97 Å². The van der Waals surface area contributed by atoms with Gasteiger partial charge in [0.15, 0.2) is 5.82 Å². The Morgan fingerprint density at radius 1 is 1.43 bits per heavy atom. The molecule has 2 aromatic rings. The van der Waals surface area contributed by atoms with Gasteiger partial charge in [-0.1, -0.05) is 38.1 Å². The molecule has 0 saturated heterocycles. The van der Waals surface area contributed by atoms with Gasteiger partial charge in [-0.2, -0.15) is 0 Å². The number of hydrogen-bond donors (Lipinski definition) is 1. The second-order valence-electron chi connectivity index (χ2n) is 5.85. The van der Waals surface area contributed by atoms with Crippen LogP contribution in [-0.2, 0) is 11.2 Å². The van der Waals surface area contributed by atoms with Gasteiger partial charge in [0.25, 0.3) is 0 Å². The number of carboxylic acid groups (broad SMARTS) is 1. The van der Waals surface area contributed by atoms with Crippen molar-refractivity contribution in [2.45, 2.75) is 38.6 Å². The van der Waals surface area contributed by atoms with Gasteiger partial charge in [0.1, 0.15) is 0 Å². The molecule has 0 aliphatic heterocycles. The maximum atomic E-state index is 11.1. The number of nitrogens with zero attached hydrogens (tertiary/aromatic N) is 4. The Bertz CT molecular complexity index is 665. The van der Waals surface area contributed by atoms with Crippen molar-refractivity contribution in [1.29, 1.82) is 0 Å². The largest absolute Gasteiger partial charge is 0.481 e. The number of aliphatic carboxylic acids is 1. The van der Waals surface area contributed by atoms with Gasteiger partial charge in [0.05, 0.1) is 18.4 Å². The molecular formula is C15H18N4O2. The number of aromatic nitrogens is 4. The van der Waals surface area contributed by atoms with Crippen LogP contribution in [0, 0.1) is 5.92 Å². The van der Waals surface area contributed by atoms with Gasteiger partial charge < -0.3 is 5.11 Å². The molecule has 1 aromatic heterocycles. The van der Waals surface area contributed by atoms with E-state index in [4.69, 9.17) is 5.11 Å². The number of tetrazole rings is 1. The van der Waals surface area contributed by atoms with Gasteiger partial charge in [0, 0.05) is 0 Å². The summed E-state index contributed by atoms with van der Waals surface area (Å²) in [6, 6.07) is 8.01. The Hall–Kier alpha value is -2.24. The average molecular weight is 286 g/mol. The molecule has 0 amide bonds. The molecule has 0 saturated carbocycles. The average Bonchev–Trinajstić information content (AvgIpc) is 2.85. The zero-order valence-corrected chi connectivity index (χ0v) is 12.1. The first kappa shape index (κ1) is 13.7. The molecule has 0 bridgehead atoms. The van der Waals surface area contributed by atoms with E-state index in [-0.39, 0.29) is 24.3 Å². The predicted octanol–water partition coefficient (Wildman–Crippen LogP) is 2.03. The first-order valence-electron chi connectivity index (χ1n) is 7.15. The molecule has 0 radical (unpaired) electrons. The molecule has 1 N–H and O–H groups in total. The van der Waals surface area contributed by atoms with Gasteiger partial charge in [-0.25, -0.2) is 4.68 Å². The van der Waals surface area contributed by atoms with E-state index in [1.165, 1.54) is 11.1 Å². The van der Waals surface area contributed by atoms with Crippen LogP contribution < -0.4 is 0 Å². The predicted molar refractivity (Wildman–Crippen MR) is 75.9 cm³/mol. The summed E-state index contributed by atoms with van der Waals surface area (Å²) in [5.41, 5.74) is 2.56. The smallest absolute Gasteiger partial charge is 0.305 e. The van der Waals surface area contributed by atoms with E-state index in [1.807, 2.05) is 26.0 Å². The van der Waals surface area contributed by atoms with E-state index in [2.05, 4.69) is 27.7 Å². The molecular weight excluding hydrogens is 268 g/mol. The van der Waals surface area contributed by atoms with Crippen LogP contribution in [0.5, 0.6) is 0 Å². The third-order valence-corrected chi connectivity index (χ3v) is 4.15. The van der Waals surface area contributed by atoms with Crippen molar-refractivity contribution in [3.63, 3.8) is 0 Å². The first-order chi connectivity index (χ1) is 10.1. The van der Waals surface area contributed by atoms with E-state index in [0.717, 1.165) is 12.2 Å². The van der Waals surface area contributed by atoms with Crippen LogP contribution in [0.25, 0.3) is 0 Å². The van der Waals surface area contributed by atoms with Crippen molar-refractivity contribution in [2.75, 3.05) is 0 Å². The van der Waals surface area contributed by atoms with Crippen molar-refractivity contribution < 1.29 is 9.90 Å². The second-order valence-corrected chi connectivity index (χ2v) is 5.85. The lowest BCUT2D eigenvalue weighted by molar-refractivity contribution is -0.138. The Labute approximate surface area is 122 Å². The quantitative estimate of drug-likeness (QED) is 0.909. The topological polar surface area (TPSA) is 80.9 Å². The van der Waals surface area contributed by atoms with Crippen molar-refractivity contribution in [3.05, 3.63) is 41.2 Å². The molecule has 0 fully saturated rings. The number of benzene rings is 1. The van der Waals surface area contributed by atoms with Crippen LogP contribution in [-0.4, -0.2) is 31.3 Å². The summed E-state index contributed by atoms with van der Waals surface area (Å²) in [5, 5.41) is 21.1. The van der Waals surface area contributed by atoms with E-state index >= 15 is 0 Å². The molecule has 21 heavy (non-hydrogen) atoms. The van der Waals surface area contributed by atoms with Crippen LogP contribution in [0.3, 0.4) is 0 Å². The second kappa shape index (κ2) is 5.27. The van der Waals surface area contributed by atoms with Crippen LogP contribution >= 0.6 is 0 Å². The molecule has 110 valence electrons. The van der Waals surface area contributed by atoms with Gasteiger partial charge in [-0.05, 0) is 33.9 Å². The lowest BCUT2D eigenvalue weighted by atomic mass is 9.77. The van der Waals surface area contributed by atoms with E-state index in [1.54, 1.807) is 4.68 Å². The highest BCUT2D eigenvalue weighted by Crippen LogP contribution is 2.40. The summed E-state index contributed by atoms with van der Waals surface area (Å²) in [4.78, 5) is 11.1. The maximum Gasteiger partial charge on any atom is 0.305 e. The molecule has 2 atom stereocenters. The van der Waals surface area contributed by atoms with Crippen LogP contribution in [0.4, 0.5) is 0 Å². The van der Waals surface area contributed by atoms with Crippen molar-refractivity contribution in [1.82, 2.24) is 20.2 Å². The Morgan fingerprint density at radius 3 is 2.86 bits per heavy atom. The SMILES string of the molecule is CC(C)C(CC(=O)O)n1nnnc1C1Cc2ccccc21. The van der Waals surface area contributed by atoms with E-state index in [0.29, 0.717) is 0 Å². The molecule has 6 heteroatoms. The highest BCUT2D eigenvalue weighted by atomic mass is 16.4. The fourth-order valence-corrected chi connectivity index (χ4v) is 2.94. The molecule has 3 rings (SSSR count). The molecule has 1 aliphatic rings. The third-order valence-electron chi connectivity index (χ3n) is 4.15. The minimum atomic E-state index is -0.829.